The van der Waals surface area contributed by atoms with E-state index in [9.17, 15) is 4.39 Å². The van der Waals surface area contributed by atoms with Crippen molar-refractivity contribution in [3.05, 3.63) is 29.6 Å². The fourth-order valence-corrected chi connectivity index (χ4v) is 1.44. The van der Waals surface area contributed by atoms with Crippen molar-refractivity contribution in [2.45, 2.75) is 6.92 Å². The van der Waals surface area contributed by atoms with Crippen molar-refractivity contribution < 1.29 is 14.6 Å². The Balaban J connectivity index is 2.85. The summed E-state index contributed by atoms with van der Waals surface area (Å²) in [5.74, 6) is -0.244. The van der Waals surface area contributed by atoms with E-state index in [1.807, 2.05) is 4.90 Å². The third-order valence-electron chi connectivity index (χ3n) is 2.25. The molecule has 2 N–H and O–H groups in total. The van der Waals surface area contributed by atoms with Crippen LogP contribution in [-0.2, 0) is 0 Å². The SMILES string of the molecule is Cc1cc(N(CCO)CCO)ccc1F. The van der Waals surface area contributed by atoms with Gasteiger partial charge in [0.05, 0.1) is 13.2 Å². The molecule has 3 nitrogen and oxygen atoms in total. The van der Waals surface area contributed by atoms with Gasteiger partial charge in [-0.25, -0.2) is 4.39 Å². The number of halogens is 1. The van der Waals surface area contributed by atoms with Crippen LogP contribution in [-0.4, -0.2) is 36.5 Å². The van der Waals surface area contributed by atoms with Crippen molar-refractivity contribution in [1.82, 2.24) is 0 Å². The molecule has 0 saturated carbocycles. The second-order valence-corrected chi connectivity index (χ2v) is 3.37. The molecule has 4 heteroatoms. The van der Waals surface area contributed by atoms with Gasteiger partial charge < -0.3 is 15.1 Å². The molecule has 0 amide bonds. The summed E-state index contributed by atoms with van der Waals surface area (Å²) in [7, 11) is 0. The summed E-state index contributed by atoms with van der Waals surface area (Å²) in [6, 6.07) is 4.75. The first-order valence-corrected chi connectivity index (χ1v) is 4.92. The number of hydrogen-bond acceptors (Lipinski definition) is 3. The lowest BCUT2D eigenvalue weighted by Crippen LogP contribution is -2.29. The van der Waals surface area contributed by atoms with Gasteiger partial charge in [0.1, 0.15) is 5.82 Å². The maximum absolute atomic E-state index is 13.0. The highest BCUT2D eigenvalue weighted by molar-refractivity contribution is 5.48. The Kier molecular flexibility index (Phi) is 4.52. The maximum Gasteiger partial charge on any atom is 0.126 e. The molecule has 0 aliphatic carbocycles. The quantitative estimate of drug-likeness (QED) is 0.764. The molecule has 84 valence electrons. The summed E-state index contributed by atoms with van der Waals surface area (Å²) < 4.78 is 13.0. The summed E-state index contributed by atoms with van der Waals surface area (Å²) in [5.41, 5.74) is 1.38. The number of rotatable bonds is 5. The van der Waals surface area contributed by atoms with Crippen LogP contribution in [0.5, 0.6) is 0 Å². The smallest absolute Gasteiger partial charge is 0.126 e. The number of benzene rings is 1. The standard InChI is InChI=1S/C11H16FNO2/c1-9-8-10(2-3-11(9)12)13(4-6-14)5-7-15/h2-3,8,14-15H,4-7H2,1H3. The zero-order valence-corrected chi connectivity index (χ0v) is 8.78. The Labute approximate surface area is 88.8 Å². The summed E-state index contributed by atoms with van der Waals surface area (Å²) in [6.45, 7) is 2.58. The topological polar surface area (TPSA) is 43.7 Å². The Bertz CT molecular complexity index is 311. The van der Waals surface area contributed by atoms with Crippen molar-refractivity contribution >= 4 is 5.69 Å². The lowest BCUT2D eigenvalue weighted by atomic mass is 10.2. The normalized spacial score (nSPS) is 10.4. The van der Waals surface area contributed by atoms with Gasteiger partial charge in [-0.2, -0.15) is 0 Å². The lowest BCUT2D eigenvalue weighted by Gasteiger charge is -2.23. The van der Waals surface area contributed by atoms with Crippen LogP contribution >= 0.6 is 0 Å². The number of aryl methyl sites for hydroxylation is 1. The minimum Gasteiger partial charge on any atom is -0.395 e. The van der Waals surface area contributed by atoms with Crippen molar-refractivity contribution in [2.24, 2.45) is 0 Å². The molecule has 0 bridgehead atoms. The van der Waals surface area contributed by atoms with E-state index >= 15 is 0 Å². The van der Waals surface area contributed by atoms with Crippen LogP contribution in [0.1, 0.15) is 5.56 Å². The summed E-state index contributed by atoms with van der Waals surface area (Å²) in [5, 5.41) is 17.7. The molecule has 0 aliphatic rings. The van der Waals surface area contributed by atoms with Crippen LogP contribution in [0.2, 0.25) is 0 Å². The molecule has 15 heavy (non-hydrogen) atoms. The molecule has 0 heterocycles. The largest absolute Gasteiger partial charge is 0.395 e. The van der Waals surface area contributed by atoms with Crippen LogP contribution in [0.15, 0.2) is 18.2 Å². The summed E-state index contributed by atoms with van der Waals surface area (Å²) >= 11 is 0. The minimum absolute atomic E-state index is 0.0103. The van der Waals surface area contributed by atoms with Crippen LogP contribution in [0.3, 0.4) is 0 Å². The van der Waals surface area contributed by atoms with E-state index in [2.05, 4.69) is 0 Å². The third-order valence-corrected chi connectivity index (χ3v) is 2.25. The van der Waals surface area contributed by atoms with Gasteiger partial charge in [0.25, 0.3) is 0 Å². The van der Waals surface area contributed by atoms with E-state index in [4.69, 9.17) is 10.2 Å². The number of hydrogen-bond donors (Lipinski definition) is 2. The van der Waals surface area contributed by atoms with E-state index in [1.54, 1.807) is 19.1 Å². The zero-order chi connectivity index (χ0) is 11.3. The van der Waals surface area contributed by atoms with E-state index in [0.29, 0.717) is 18.7 Å². The lowest BCUT2D eigenvalue weighted by molar-refractivity contribution is 0.281. The van der Waals surface area contributed by atoms with E-state index in [-0.39, 0.29) is 19.0 Å². The number of aliphatic hydroxyl groups excluding tert-OH is 2. The van der Waals surface area contributed by atoms with E-state index in [0.717, 1.165) is 5.69 Å². The van der Waals surface area contributed by atoms with Gasteiger partial charge in [-0.1, -0.05) is 0 Å². The Morgan fingerprint density at radius 1 is 1.20 bits per heavy atom. The van der Waals surface area contributed by atoms with Gasteiger partial charge in [0.2, 0.25) is 0 Å². The van der Waals surface area contributed by atoms with Crippen LogP contribution in [0.25, 0.3) is 0 Å². The van der Waals surface area contributed by atoms with Crippen LogP contribution in [0, 0.1) is 12.7 Å². The average Bonchev–Trinajstić information content (AvgIpc) is 2.22. The summed E-state index contributed by atoms with van der Waals surface area (Å²) in [4.78, 5) is 1.81. The van der Waals surface area contributed by atoms with Crippen molar-refractivity contribution in [3.63, 3.8) is 0 Å². The number of nitrogens with zero attached hydrogens (tertiary/aromatic N) is 1. The van der Waals surface area contributed by atoms with E-state index in [1.165, 1.54) is 6.07 Å². The molecule has 0 spiro atoms. The maximum atomic E-state index is 13.0. The molecule has 0 saturated heterocycles. The molecule has 0 radical (unpaired) electrons. The van der Waals surface area contributed by atoms with Gasteiger partial charge in [0, 0.05) is 18.8 Å². The minimum atomic E-state index is -0.244. The molecule has 0 atom stereocenters. The first-order valence-electron chi connectivity index (χ1n) is 4.92. The fraction of sp³-hybridized carbons (Fsp3) is 0.455. The molecular formula is C11H16FNO2. The van der Waals surface area contributed by atoms with E-state index < -0.39 is 0 Å². The average molecular weight is 213 g/mol. The molecular weight excluding hydrogens is 197 g/mol. The Morgan fingerprint density at radius 2 is 1.80 bits per heavy atom. The van der Waals surface area contributed by atoms with Gasteiger partial charge in [-0.15, -0.1) is 0 Å². The highest BCUT2D eigenvalue weighted by Crippen LogP contribution is 2.17. The van der Waals surface area contributed by atoms with Crippen LogP contribution in [0.4, 0.5) is 10.1 Å². The van der Waals surface area contributed by atoms with Gasteiger partial charge in [-0.05, 0) is 30.7 Å². The highest BCUT2D eigenvalue weighted by Gasteiger charge is 2.06. The third kappa shape index (κ3) is 3.18. The second kappa shape index (κ2) is 5.68. The monoisotopic (exact) mass is 213 g/mol. The predicted octanol–water partition coefficient (Wildman–Crippen LogP) is 0.925. The van der Waals surface area contributed by atoms with Gasteiger partial charge in [-0.3, -0.25) is 0 Å². The first-order chi connectivity index (χ1) is 7.19. The van der Waals surface area contributed by atoms with Crippen molar-refractivity contribution in [2.75, 3.05) is 31.2 Å². The summed E-state index contributed by atoms with van der Waals surface area (Å²) in [6.07, 6.45) is 0. The van der Waals surface area contributed by atoms with Crippen molar-refractivity contribution in [3.8, 4) is 0 Å². The second-order valence-electron chi connectivity index (χ2n) is 3.37. The molecule has 1 aromatic carbocycles. The van der Waals surface area contributed by atoms with Crippen molar-refractivity contribution in [1.29, 1.82) is 0 Å². The first kappa shape index (κ1) is 11.9. The highest BCUT2D eigenvalue weighted by atomic mass is 19.1. The zero-order valence-electron chi connectivity index (χ0n) is 8.78. The predicted molar refractivity (Wildman–Crippen MR) is 57.5 cm³/mol. The Hall–Kier alpha value is -1.13. The molecule has 0 fully saturated rings. The molecule has 0 aromatic heterocycles. The molecule has 1 rings (SSSR count). The van der Waals surface area contributed by atoms with Crippen LogP contribution < -0.4 is 4.90 Å². The van der Waals surface area contributed by atoms with Gasteiger partial charge in [0.15, 0.2) is 0 Å². The number of aliphatic hydroxyl groups is 2. The molecule has 0 aliphatic heterocycles. The molecule has 0 unspecified atom stereocenters. The van der Waals surface area contributed by atoms with Gasteiger partial charge >= 0.3 is 0 Å². The molecule has 1 aromatic rings. The fourth-order valence-electron chi connectivity index (χ4n) is 1.44. The number of anilines is 1. The Morgan fingerprint density at radius 3 is 2.27 bits per heavy atom.